The van der Waals surface area contributed by atoms with Crippen molar-refractivity contribution in [2.75, 3.05) is 0 Å². The van der Waals surface area contributed by atoms with Gasteiger partial charge in [-0.3, -0.25) is 0 Å². The Hall–Kier alpha value is -0.990. The van der Waals surface area contributed by atoms with E-state index in [0.717, 1.165) is 11.1 Å². The van der Waals surface area contributed by atoms with Crippen LogP contribution in [-0.4, -0.2) is 33.6 Å². The minimum absolute atomic E-state index is 0.196. The molecule has 1 heterocycles. The highest BCUT2D eigenvalue weighted by Crippen LogP contribution is 2.31. The Bertz CT molecular complexity index is 637. The van der Waals surface area contributed by atoms with E-state index in [-0.39, 0.29) is 22.2 Å². The van der Waals surface area contributed by atoms with E-state index in [1.54, 1.807) is 0 Å². The highest BCUT2D eigenvalue weighted by atomic mass is 127. The maximum Gasteiger partial charge on any atom is 0.169 e. The first-order valence-corrected chi connectivity index (χ1v) is 9.68. The maximum atomic E-state index is 10.2. The van der Waals surface area contributed by atoms with Gasteiger partial charge in [0.25, 0.3) is 0 Å². The summed E-state index contributed by atoms with van der Waals surface area (Å²) in [5.41, 5.74) is 2.20. The molecule has 134 valence electrons. The number of aliphatic hydroxyl groups is 1. The highest BCUT2D eigenvalue weighted by Gasteiger charge is 2.44. The lowest BCUT2D eigenvalue weighted by molar-refractivity contribution is -0.243. The first kappa shape index (κ1) is 18.8. The summed E-state index contributed by atoms with van der Waals surface area (Å²) in [6.45, 7) is 2.89. The summed E-state index contributed by atoms with van der Waals surface area (Å²) < 4.78 is 17.7. The number of hydrogen-bond donors (Lipinski definition) is 1. The molecule has 0 aromatic heterocycles. The Balaban J connectivity index is 1.67. The van der Waals surface area contributed by atoms with Crippen molar-refractivity contribution in [2.24, 2.45) is 0 Å². The average molecular weight is 454 g/mol. The van der Waals surface area contributed by atoms with Crippen LogP contribution in [0.5, 0.6) is 0 Å². The van der Waals surface area contributed by atoms with Gasteiger partial charge in [-0.25, -0.2) is 0 Å². The molecule has 1 aliphatic heterocycles. The van der Waals surface area contributed by atoms with E-state index in [4.69, 9.17) is 14.2 Å². The summed E-state index contributed by atoms with van der Waals surface area (Å²) in [5, 5.41) is 10.2. The van der Waals surface area contributed by atoms with Crippen LogP contribution in [0.4, 0.5) is 0 Å². The molecule has 4 nitrogen and oxygen atoms in total. The van der Waals surface area contributed by atoms with Crippen molar-refractivity contribution < 1.29 is 19.3 Å². The topological polar surface area (TPSA) is 47.9 Å². The van der Waals surface area contributed by atoms with Crippen LogP contribution in [-0.2, 0) is 27.4 Å². The molecule has 0 bridgehead atoms. The molecule has 5 heteroatoms. The molecule has 2 aromatic carbocycles. The minimum Gasteiger partial charge on any atom is -0.369 e. The van der Waals surface area contributed by atoms with Gasteiger partial charge in [-0.15, -0.1) is 0 Å². The van der Waals surface area contributed by atoms with E-state index in [2.05, 4.69) is 22.6 Å². The van der Waals surface area contributed by atoms with Gasteiger partial charge in [-0.2, -0.15) is 0 Å². The SMILES string of the molecule is C[C@@H]1O[C@@H](O)[C@H](I)[C@@H](OCc2ccccc2)[C@H]1OCc1ccccc1. The fraction of sp³-hybridized carbons (Fsp3) is 0.400. The van der Waals surface area contributed by atoms with E-state index < -0.39 is 6.29 Å². The molecule has 1 saturated heterocycles. The lowest BCUT2D eigenvalue weighted by atomic mass is 10.0. The van der Waals surface area contributed by atoms with Crippen LogP contribution in [0, 0.1) is 0 Å². The Labute approximate surface area is 162 Å². The summed E-state index contributed by atoms with van der Waals surface area (Å²) in [4.78, 5) is 0. The predicted molar refractivity (Wildman–Crippen MR) is 104 cm³/mol. The molecule has 2 aromatic rings. The van der Waals surface area contributed by atoms with Gasteiger partial charge in [-0.1, -0.05) is 83.3 Å². The number of halogens is 1. The van der Waals surface area contributed by atoms with Crippen LogP contribution in [0.15, 0.2) is 60.7 Å². The van der Waals surface area contributed by atoms with Crippen LogP contribution >= 0.6 is 22.6 Å². The predicted octanol–water partition coefficient (Wildman–Crippen LogP) is 3.70. The molecule has 0 radical (unpaired) electrons. The number of aliphatic hydroxyl groups excluding tert-OH is 1. The van der Waals surface area contributed by atoms with Gasteiger partial charge in [0, 0.05) is 0 Å². The van der Waals surface area contributed by atoms with Crippen LogP contribution in [0.1, 0.15) is 18.1 Å². The molecule has 0 unspecified atom stereocenters. The third kappa shape index (κ3) is 5.01. The first-order valence-electron chi connectivity index (χ1n) is 8.44. The number of hydrogen-bond acceptors (Lipinski definition) is 4. The molecular formula is C20H23IO4. The third-order valence-corrected chi connectivity index (χ3v) is 5.62. The summed E-state index contributed by atoms with van der Waals surface area (Å²) >= 11 is 2.19. The van der Waals surface area contributed by atoms with Crippen molar-refractivity contribution in [3.8, 4) is 0 Å². The fourth-order valence-corrected chi connectivity index (χ4v) is 3.72. The van der Waals surface area contributed by atoms with E-state index in [0.29, 0.717) is 13.2 Å². The molecule has 0 saturated carbocycles. The number of alkyl halides is 1. The second-order valence-corrected chi connectivity index (χ2v) is 7.64. The minimum atomic E-state index is -0.854. The van der Waals surface area contributed by atoms with Crippen LogP contribution < -0.4 is 0 Å². The van der Waals surface area contributed by atoms with Crippen molar-refractivity contribution in [1.29, 1.82) is 0 Å². The summed E-state index contributed by atoms with van der Waals surface area (Å²) in [6, 6.07) is 20.1. The van der Waals surface area contributed by atoms with Gasteiger partial charge in [0.15, 0.2) is 6.29 Å². The molecule has 1 aliphatic rings. The zero-order valence-corrected chi connectivity index (χ0v) is 16.3. The van der Waals surface area contributed by atoms with E-state index in [1.807, 2.05) is 67.6 Å². The van der Waals surface area contributed by atoms with Crippen molar-refractivity contribution in [2.45, 2.75) is 48.7 Å². The second-order valence-electron chi connectivity index (χ2n) is 6.20. The first-order chi connectivity index (χ1) is 12.1. The van der Waals surface area contributed by atoms with E-state index in [1.165, 1.54) is 0 Å². The lowest BCUT2D eigenvalue weighted by Crippen LogP contribution is -2.56. The van der Waals surface area contributed by atoms with Crippen LogP contribution in [0.25, 0.3) is 0 Å². The second kappa shape index (κ2) is 9.09. The summed E-state index contributed by atoms with van der Waals surface area (Å²) in [6.07, 6.45) is -1.59. The monoisotopic (exact) mass is 454 g/mol. The smallest absolute Gasteiger partial charge is 0.169 e. The number of ether oxygens (including phenoxy) is 3. The molecule has 5 atom stereocenters. The average Bonchev–Trinajstić information content (AvgIpc) is 2.64. The summed E-state index contributed by atoms with van der Waals surface area (Å²) in [7, 11) is 0. The maximum absolute atomic E-state index is 10.2. The van der Waals surface area contributed by atoms with Gasteiger partial charge in [-0.05, 0) is 18.1 Å². The van der Waals surface area contributed by atoms with Crippen molar-refractivity contribution in [3.05, 3.63) is 71.8 Å². The van der Waals surface area contributed by atoms with Crippen molar-refractivity contribution in [1.82, 2.24) is 0 Å². The molecule has 0 aliphatic carbocycles. The quantitative estimate of drug-likeness (QED) is 0.535. The van der Waals surface area contributed by atoms with Gasteiger partial charge >= 0.3 is 0 Å². The molecular weight excluding hydrogens is 431 g/mol. The summed E-state index contributed by atoms with van der Waals surface area (Å²) in [5.74, 6) is 0. The zero-order valence-electron chi connectivity index (χ0n) is 14.1. The Morgan fingerprint density at radius 3 is 1.88 bits per heavy atom. The Morgan fingerprint density at radius 1 is 0.880 bits per heavy atom. The molecule has 25 heavy (non-hydrogen) atoms. The van der Waals surface area contributed by atoms with Gasteiger partial charge in [0.2, 0.25) is 0 Å². The normalized spacial score (nSPS) is 29.5. The molecule has 1 fully saturated rings. The third-order valence-electron chi connectivity index (χ3n) is 4.30. The Kier molecular flexibility index (Phi) is 6.84. The largest absolute Gasteiger partial charge is 0.369 e. The lowest BCUT2D eigenvalue weighted by Gasteiger charge is -2.41. The van der Waals surface area contributed by atoms with Crippen molar-refractivity contribution >= 4 is 22.6 Å². The van der Waals surface area contributed by atoms with Gasteiger partial charge in [0.05, 0.1) is 23.2 Å². The van der Waals surface area contributed by atoms with Crippen LogP contribution in [0.3, 0.4) is 0 Å². The van der Waals surface area contributed by atoms with Crippen molar-refractivity contribution in [3.63, 3.8) is 0 Å². The molecule has 0 spiro atoms. The van der Waals surface area contributed by atoms with Gasteiger partial charge < -0.3 is 19.3 Å². The number of benzene rings is 2. The fourth-order valence-electron chi connectivity index (χ4n) is 2.93. The molecule has 1 N–H and O–H groups in total. The van der Waals surface area contributed by atoms with E-state index in [9.17, 15) is 5.11 Å². The number of rotatable bonds is 6. The Morgan fingerprint density at radius 2 is 1.36 bits per heavy atom. The van der Waals surface area contributed by atoms with Crippen LogP contribution in [0.2, 0.25) is 0 Å². The molecule has 0 amide bonds. The molecule has 3 rings (SSSR count). The highest BCUT2D eigenvalue weighted by molar-refractivity contribution is 14.1. The standard InChI is InChI=1S/C20H23IO4/c1-14-18(23-12-15-8-4-2-5-9-15)19(17(21)20(22)25-14)24-13-16-10-6-3-7-11-16/h2-11,14,17-20,22H,12-13H2,1H3/t14-,17+,18-,19+,20+/m0/s1. The van der Waals surface area contributed by atoms with Gasteiger partial charge in [0.1, 0.15) is 12.2 Å². The van der Waals surface area contributed by atoms with E-state index >= 15 is 0 Å². The zero-order chi connectivity index (χ0) is 17.6.